The minimum absolute atomic E-state index is 0.0406. The maximum atomic E-state index is 12.5. The highest BCUT2D eigenvalue weighted by atomic mass is 32.2. The maximum absolute atomic E-state index is 12.5. The van der Waals surface area contributed by atoms with Crippen molar-refractivity contribution in [2.24, 2.45) is 5.92 Å². The van der Waals surface area contributed by atoms with Gasteiger partial charge in [-0.25, -0.2) is 8.42 Å². The van der Waals surface area contributed by atoms with Crippen molar-refractivity contribution in [3.63, 3.8) is 0 Å². The zero-order valence-corrected chi connectivity index (χ0v) is 11.7. The molecule has 0 amide bonds. The second-order valence-electron chi connectivity index (χ2n) is 4.82. The van der Waals surface area contributed by atoms with Crippen LogP contribution in [0.5, 0.6) is 5.75 Å². The second-order valence-corrected chi connectivity index (χ2v) is 6.89. The fourth-order valence-electron chi connectivity index (χ4n) is 2.61. The van der Waals surface area contributed by atoms with E-state index in [-0.39, 0.29) is 10.8 Å². The molecule has 1 aliphatic carbocycles. The molecule has 0 aliphatic heterocycles. The van der Waals surface area contributed by atoms with Crippen molar-refractivity contribution >= 4 is 9.84 Å². The van der Waals surface area contributed by atoms with Crippen molar-refractivity contribution in [1.29, 1.82) is 5.26 Å². The van der Waals surface area contributed by atoms with Crippen LogP contribution in [0.3, 0.4) is 0 Å². The first-order valence-corrected chi connectivity index (χ1v) is 7.92. The molecule has 1 aromatic rings. The number of rotatable bonds is 4. The molecular formula is C14H17NO3S. The maximum Gasteiger partial charge on any atom is 0.194 e. The van der Waals surface area contributed by atoms with E-state index in [0.717, 1.165) is 25.7 Å². The average molecular weight is 279 g/mol. The molecule has 1 fully saturated rings. The summed E-state index contributed by atoms with van der Waals surface area (Å²) < 4.78 is 30.1. The minimum Gasteiger partial charge on any atom is -0.497 e. The highest BCUT2D eigenvalue weighted by molar-refractivity contribution is 7.92. The molecule has 1 saturated carbocycles. The summed E-state index contributed by atoms with van der Waals surface area (Å²) in [6, 6.07) is 8.32. The van der Waals surface area contributed by atoms with Crippen molar-refractivity contribution in [2.45, 2.75) is 35.8 Å². The van der Waals surface area contributed by atoms with Gasteiger partial charge in [-0.3, -0.25) is 0 Å². The largest absolute Gasteiger partial charge is 0.497 e. The van der Waals surface area contributed by atoms with Crippen LogP contribution in [0.4, 0.5) is 0 Å². The summed E-state index contributed by atoms with van der Waals surface area (Å²) in [4.78, 5) is 0.172. The van der Waals surface area contributed by atoms with E-state index in [9.17, 15) is 13.7 Å². The molecule has 0 bridgehead atoms. The third kappa shape index (κ3) is 2.74. The van der Waals surface area contributed by atoms with Crippen LogP contribution in [0.15, 0.2) is 29.2 Å². The Bertz CT molecular complexity index is 583. The van der Waals surface area contributed by atoms with E-state index in [1.165, 1.54) is 19.2 Å². The van der Waals surface area contributed by atoms with Gasteiger partial charge in [0.15, 0.2) is 15.1 Å². The number of nitriles is 1. The molecule has 0 heterocycles. The highest BCUT2D eigenvalue weighted by Crippen LogP contribution is 2.34. The normalized spacial score (nSPS) is 17.9. The molecule has 1 aromatic carbocycles. The SMILES string of the molecule is COc1cccc(S(=O)(=O)C(C#N)C2CCCC2)c1. The summed E-state index contributed by atoms with van der Waals surface area (Å²) in [5.74, 6) is 0.449. The number of methoxy groups -OCH3 is 1. The smallest absolute Gasteiger partial charge is 0.194 e. The molecule has 2 rings (SSSR count). The Morgan fingerprint density at radius 1 is 1.37 bits per heavy atom. The summed E-state index contributed by atoms with van der Waals surface area (Å²) in [5.41, 5.74) is 0. The van der Waals surface area contributed by atoms with Gasteiger partial charge in [0.1, 0.15) is 5.75 Å². The van der Waals surface area contributed by atoms with Crippen molar-refractivity contribution in [3.8, 4) is 11.8 Å². The van der Waals surface area contributed by atoms with Gasteiger partial charge in [0.05, 0.1) is 18.1 Å². The number of benzene rings is 1. The van der Waals surface area contributed by atoms with Crippen LogP contribution < -0.4 is 4.74 Å². The fraction of sp³-hybridized carbons (Fsp3) is 0.500. The number of hydrogen-bond acceptors (Lipinski definition) is 4. The molecular weight excluding hydrogens is 262 g/mol. The van der Waals surface area contributed by atoms with Crippen LogP contribution in [0.2, 0.25) is 0 Å². The number of nitrogens with zero attached hydrogens (tertiary/aromatic N) is 1. The monoisotopic (exact) mass is 279 g/mol. The van der Waals surface area contributed by atoms with Crippen molar-refractivity contribution in [3.05, 3.63) is 24.3 Å². The van der Waals surface area contributed by atoms with Crippen LogP contribution >= 0.6 is 0 Å². The Hall–Kier alpha value is -1.54. The van der Waals surface area contributed by atoms with Crippen LogP contribution in [0.1, 0.15) is 25.7 Å². The van der Waals surface area contributed by atoms with Gasteiger partial charge in [-0.15, -0.1) is 0 Å². The van der Waals surface area contributed by atoms with Crippen molar-refractivity contribution in [1.82, 2.24) is 0 Å². The zero-order chi connectivity index (χ0) is 13.9. The van der Waals surface area contributed by atoms with E-state index in [4.69, 9.17) is 4.74 Å². The molecule has 0 aromatic heterocycles. The summed E-state index contributed by atoms with van der Waals surface area (Å²) in [7, 11) is -2.12. The molecule has 0 saturated heterocycles. The fourth-order valence-corrected chi connectivity index (χ4v) is 4.37. The lowest BCUT2D eigenvalue weighted by Crippen LogP contribution is -2.27. The number of ether oxygens (including phenoxy) is 1. The number of hydrogen-bond donors (Lipinski definition) is 0. The second kappa shape index (κ2) is 5.62. The Morgan fingerprint density at radius 2 is 2.05 bits per heavy atom. The lowest BCUT2D eigenvalue weighted by atomic mass is 10.1. The van der Waals surface area contributed by atoms with Gasteiger partial charge in [-0.2, -0.15) is 5.26 Å². The van der Waals surface area contributed by atoms with Crippen LogP contribution in [0.25, 0.3) is 0 Å². The quantitative estimate of drug-likeness (QED) is 0.849. The molecule has 102 valence electrons. The van der Waals surface area contributed by atoms with E-state index < -0.39 is 15.1 Å². The van der Waals surface area contributed by atoms with E-state index in [1.54, 1.807) is 12.1 Å². The lowest BCUT2D eigenvalue weighted by Gasteiger charge is -2.17. The Morgan fingerprint density at radius 3 is 2.63 bits per heavy atom. The Labute approximate surface area is 113 Å². The van der Waals surface area contributed by atoms with Gasteiger partial charge in [-0.1, -0.05) is 18.9 Å². The first kappa shape index (κ1) is 13.9. The standard InChI is InChI=1S/C14H17NO3S/c1-18-12-7-4-8-13(9-12)19(16,17)14(10-15)11-5-2-3-6-11/h4,7-9,11,14H,2-3,5-6H2,1H3. The van der Waals surface area contributed by atoms with Crippen molar-refractivity contribution in [2.75, 3.05) is 7.11 Å². The molecule has 5 heteroatoms. The summed E-state index contributed by atoms with van der Waals surface area (Å²) in [5, 5.41) is 8.31. The van der Waals surface area contributed by atoms with Crippen LogP contribution in [-0.4, -0.2) is 20.8 Å². The molecule has 0 spiro atoms. The first-order valence-electron chi connectivity index (χ1n) is 6.37. The van der Waals surface area contributed by atoms with Gasteiger partial charge in [0, 0.05) is 0 Å². The van der Waals surface area contributed by atoms with Gasteiger partial charge >= 0.3 is 0 Å². The molecule has 1 atom stereocenters. The molecule has 0 radical (unpaired) electrons. The minimum atomic E-state index is -3.61. The van der Waals surface area contributed by atoms with Crippen LogP contribution in [-0.2, 0) is 9.84 Å². The van der Waals surface area contributed by atoms with Gasteiger partial charge in [-0.05, 0) is 37.0 Å². The molecule has 1 aliphatic rings. The molecule has 1 unspecified atom stereocenters. The average Bonchev–Trinajstić information content (AvgIpc) is 2.93. The Balaban J connectivity index is 2.36. The predicted octanol–water partition coefficient (Wildman–Crippen LogP) is 2.55. The summed E-state index contributed by atoms with van der Waals surface area (Å²) in [6.45, 7) is 0. The number of sulfone groups is 1. The third-order valence-corrected chi connectivity index (χ3v) is 5.73. The molecule has 19 heavy (non-hydrogen) atoms. The van der Waals surface area contributed by atoms with E-state index in [2.05, 4.69) is 0 Å². The van der Waals surface area contributed by atoms with Gasteiger partial charge in [0.25, 0.3) is 0 Å². The third-order valence-electron chi connectivity index (χ3n) is 3.66. The summed E-state index contributed by atoms with van der Waals surface area (Å²) in [6.07, 6.45) is 3.66. The van der Waals surface area contributed by atoms with E-state index >= 15 is 0 Å². The highest BCUT2D eigenvalue weighted by Gasteiger charge is 2.36. The predicted molar refractivity (Wildman–Crippen MR) is 71.5 cm³/mol. The van der Waals surface area contributed by atoms with Crippen molar-refractivity contribution < 1.29 is 13.2 Å². The lowest BCUT2D eigenvalue weighted by molar-refractivity contribution is 0.413. The van der Waals surface area contributed by atoms with E-state index in [1.807, 2.05) is 6.07 Å². The molecule has 4 nitrogen and oxygen atoms in total. The summed E-state index contributed by atoms with van der Waals surface area (Å²) >= 11 is 0. The van der Waals surface area contributed by atoms with Crippen LogP contribution in [0, 0.1) is 17.2 Å². The van der Waals surface area contributed by atoms with Gasteiger partial charge < -0.3 is 4.74 Å². The first-order chi connectivity index (χ1) is 9.09. The molecule has 0 N–H and O–H groups in total. The Kier molecular flexibility index (Phi) is 4.11. The zero-order valence-electron chi connectivity index (χ0n) is 10.9. The van der Waals surface area contributed by atoms with Gasteiger partial charge in [0.2, 0.25) is 0 Å². The van der Waals surface area contributed by atoms with E-state index in [0.29, 0.717) is 5.75 Å². The topological polar surface area (TPSA) is 67.2 Å².